The maximum absolute atomic E-state index is 13.5. The first-order valence-corrected chi connectivity index (χ1v) is 7.66. The van der Waals surface area contributed by atoms with Crippen molar-refractivity contribution in [1.82, 2.24) is 4.74 Å². The highest BCUT2D eigenvalue weighted by Gasteiger charge is 2.47. The number of nitrogens with zero attached hydrogens (tertiary/aromatic N) is 2. The Morgan fingerprint density at radius 3 is 2.87 bits per heavy atom. The molecule has 1 aromatic heterocycles. The highest BCUT2D eigenvalue weighted by molar-refractivity contribution is 9.10. The fourth-order valence-electron chi connectivity index (χ4n) is 3.13. The van der Waals surface area contributed by atoms with Crippen LogP contribution < -0.4 is 5.63 Å². The van der Waals surface area contributed by atoms with Crippen LogP contribution in [0, 0.1) is 11.7 Å². The van der Waals surface area contributed by atoms with Crippen LogP contribution in [0.4, 0.5) is 10.2 Å². The minimum atomic E-state index is -0.690. The molecule has 0 radical (unpaired) electrons. The second-order valence-corrected chi connectivity index (χ2v) is 6.31. The number of hydrogen-bond acceptors (Lipinski definition) is 5. The van der Waals surface area contributed by atoms with Gasteiger partial charge < -0.3 is 9.26 Å². The average molecular weight is 381 g/mol. The molecule has 4 rings (SSSR count). The van der Waals surface area contributed by atoms with Crippen LogP contribution in [0.3, 0.4) is 0 Å². The molecule has 1 fully saturated rings. The molecule has 2 aromatic rings. The van der Waals surface area contributed by atoms with E-state index in [0.717, 1.165) is 0 Å². The summed E-state index contributed by atoms with van der Waals surface area (Å²) in [5, 5.41) is 0. The van der Waals surface area contributed by atoms with Gasteiger partial charge in [-0.2, -0.15) is 4.74 Å². The van der Waals surface area contributed by atoms with Crippen molar-refractivity contribution in [3.05, 3.63) is 50.0 Å². The monoisotopic (exact) mass is 380 g/mol. The summed E-state index contributed by atoms with van der Waals surface area (Å²) in [6, 6.07) is 4.40. The van der Waals surface area contributed by atoms with E-state index < -0.39 is 29.2 Å². The second-order valence-electron chi connectivity index (χ2n) is 5.45. The SMILES string of the molecule is Cn1oc(=O)c2c1N=C1COC(=O)C1C2c1ccc(F)c(Br)c1. The van der Waals surface area contributed by atoms with Gasteiger partial charge in [-0.15, -0.1) is 0 Å². The lowest BCUT2D eigenvalue weighted by Crippen LogP contribution is -2.30. The molecule has 118 valence electrons. The van der Waals surface area contributed by atoms with Gasteiger partial charge in [-0.25, -0.2) is 14.2 Å². The standard InChI is InChI=1S/C15H10BrFN2O4/c1-19-13-12(15(21)23-19)10(6-2-3-8(17)7(16)4-6)11-9(18-13)5-22-14(11)20/h2-4,10-11H,5H2,1H3. The zero-order valence-electron chi connectivity index (χ0n) is 11.9. The number of halogens is 2. The Kier molecular flexibility index (Phi) is 3.06. The highest BCUT2D eigenvalue weighted by Crippen LogP contribution is 2.43. The Morgan fingerprint density at radius 2 is 2.13 bits per heavy atom. The first-order chi connectivity index (χ1) is 11.0. The molecular formula is C15H10BrFN2O4. The van der Waals surface area contributed by atoms with Gasteiger partial charge in [0.15, 0.2) is 5.82 Å². The third kappa shape index (κ3) is 2.01. The first kappa shape index (κ1) is 14.4. The van der Waals surface area contributed by atoms with E-state index in [1.807, 2.05) is 0 Å². The van der Waals surface area contributed by atoms with E-state index in [1.165, 1.54) is 10.8 Å². The summed E-state index contributed by atoms with van der Waals surface area (Å²) in [5.41, 5.74) is 0.896. The predicted molar refractivity (Wildman–Crippen MR) is 81.4 cm³/mol. The van der Waals surface area contributed by atoms with Crippen molar-refractivity contribution in [2.24, 2.45) is 18.0 Å². The number of carbonyl (C=O) groups excluding carboxylic acids is 1. The summed E-state index contributed by atoms with van der Waals surface area (Å²) in [4.78, 5) is 28.7. The number of cyclic esters (lactones) is 1. The van der Waals surface area contributed by atoms with Crippen LogP contribution in [0.2, 0.25) is 0 Å². The van der Waals surface area contributed by atoms with Gasteiger partial charge >= 0.3 is 11.6 Å². The normalized spacial score (nSPS) is 22.4. The molecule has 8 heteroatoms. The lowest BCUT2D eigenvalue weighted by molar-refractivity contribution is -0.141. The van der Waals surface area contributed by atoms with Gasteiger partial charge in [-0.1, -0.05) is 6.07 Å². The van der Waals surface area contributed by atoms with Gasteiger partial charge in [0.1, 0.15) is 18.3 Å². The van der Waals surface area contributed by atoms with Crippen molar-refractivity contribution in [1.29, 1.82) is 0 Å². The minimum Gasteiger partial charge on any atom is -0.459 e. The topological polar surface area (TPSA) is 73.8 Å². The number of aliphatic imine (C=N–C) groups is 1. The number of esters is 1. The number of aromatic nitrogens is 1. The number of aryl methyl sites for hydroxylation is 1. The molecule has 2 aliphatic rings. The molecule has 2 aliphatic heterocycles. The van der Waals surface area contributed by atoms with Gasteiger partial charge in [0, 0.05) is 13.0 Å². The number of rotatable bonds is 1. The molecular weight excluding hydrogens is 371 g/mol. The van der Waals surface area contributed by atoms with E-state index in [1.54, 1.807) is 19.2 Å². The van der Waals surface area contributed by atoms with Crippen LogP contribution in [0.1, 0.15) is 17.0 Å². The Balaban J connectivity index is 1.99. The van der Waals surface area contributed by atoms with Gasteiger partial charge in [-0.05, 0) is 33.6 Å². The molecule has 0 saturated carbocycles. The predicted octanol–water partition coefficient (Wildman–Crippen LogP) is 2.27. The van der Waals surface area contributed by atoms with Crippen LogP contribution in [-0.4, -0.2) is 23.0 Å². The molecule has 2 atom stereocenters. The molecule has 0 amide bonds. The Hall–Kier alpha value is -2.22. The van der Waals surface area contributed by atoms with E-state index in [0.29, 0.717) is 22.7 Å². The molecule has 6 nitrogen and oxygen atoms in total. The highest BCUT2D eigenvalue weighted by atomic mass is 79.9. The first-order valence-electron chi connectivity index (χ1n) is 6.86. The van der Waals surface area contributed by atoms with Crippen LogP contribution >= 0.6 is 15.9 Å². The van der Waals surface area contributed by atoms with E-state index in [4.69, 9.17) is 9.26 Å². The molecule has 0 aliphatic carbocycles. The second kappa shape index (κ2) is 4.89. The molecule has 1 saturated heterocycles. The molecule has 0 N–H and O–H groups in total. The summed E-state index contributed by atoms with van der Waals surface area (Å²) in [5.74, 6) is -1.80. The molecule has 23 heavy (non-hydrogen) atoms. The van der Waals surface area contributed by atoms with Crippen molar-refractivity contribution in [3.63, 3.8) is 0 Å². The Bertz CT molecular complexity index is 930. The van der Waals surface area contributed by atoms with Gasteiger partial charge in [-0.3, -0.25) is 4.79 Å². The maximum Gasteiger partial charge on any atom is 0.363 e. The van der Waals surface area contributed by atoms with Gasteiger partial charge in [0.2, 0.25) is 0 Å². The van der Waals surface area contributed by atoms with Crippen molar-refractivity contribution < 1.29 is 18.4 Å². The molecule has 0 bridgehead atoms. The number of fused-ring (bicyclic) bond motifs is 2. The molecule has 3 heterocycles. The summed E-state index contributed by atoms with van der Waals surface area (Å²) < 4.78 is 25.3. The lowest BCUT2D eigenvalue weighted by atomic mass is 9.78. The van der Waals surface area contributed by atoms with Crippen molar-refractivity contribution in [2.75, 3.05) is 6.61 Å². The summed E-state index contributed by atoms with van der Waals surface area (Å²) in [6.07, 6.45) is 0. The number of carbonyl (C=O) groups is 1. The molecule has 0 spiro atoms. The average Bonchev–Trinajstić information content (AvgIpc) is 3.02. The van der Waals surface area contributed by atoms with E-state index in [9.17, 15) is 14.0 Å². The van der Waals surface area contributed by atoms with E-state index >= 15 is 0 Å². The zero-order valence-corrected chi connectivity index (χ0v) is 13.5. The van der Waals surface area contributed by atoms with Gasteiger partial charge in [0.25, 0.3) is 0 Å². The lowest BCUT2D eigenvalue weighted by Gasteiger charge is -2.24. The summed E-state index contributed by atoms with van der Waals surface area (Å²) in [7, 11) is 1.57. The maximum atomic E-state index is 13.5. The third-order valence-corrected chi connectivity index (χ3v) is 4.76. The quantitative estimate of drug-likeness (QED) is 0.711. The smallest absolute Gasteiger partial charge is 0.363 e. The molecule has 2 unspecified atom stereocenters. The van der Waals surface area contributed by atoms with E-state index in [-0.39, 0.29) is 11.1 Å². The van der Waals surface area contributed by atoms with Gasteiger partial charge in [0.05, 0.1) is 15.7 Å². The van der Waals surface area contributed by atoms with Crippen LogP contribution in [-0.2, 0) is 16.6 Å². The fourth-order valence-corrected chi connectivity index (χ4v) is 3.53. The van der Waals surface area contributed by atoms with Crippen molar-refractivity contribution in [3.8, 4) is 0 Å². The van der Waals surface area contributed by atoms with Crippen molar-refractivity contribution >= 4 is 33.4 Å². The largest absolute Gasteiger partial charge is 0.459 e. The van der Waals surface area contributed by atoms with Crippen LogP contribution in [0.5, 0.6) is 0 Å². The zero-order chi connectivity index (χ0) is 16.3. The third-order valence-electron chi connectivity index (χ3n) is 4.15. The number of benzene rings is 1. The van der Waals surface area contributed by atoms with Crippen molar-refractivity contribution in [2.45, 2.75) is 5.92 Å². The Labute approximate surface area is 137 Å². The number of ether oxygens (including phenoxy) is 1. The molecule has 1 aromatic carbocycles. The van der Waals surface area contributed by atoms with E-state index in [2.05, 4.69) is 20.9 Å². The van der Waals surface area contributed by atoms with Crippen LogP contribution in [0.25, 0.3) is 0 Å². The number of hydrogen-bond donors (Lipinski definition) is 0. The van der Waals surface area contributed by atoms with Crippen LogP contribution in [0.15, 0.2) is 37.0 Å². The minimum absolute atomic E-state index is 0.0845. The summed E-state index contributed by atoms with van der Waals surface area (Å²) in [6.45, 7) is 0.0845. The fraction of sp³-hybridized carbons (Fsp3) is 0.267. The summed E-state index contributed by atoms with van der Waals surface area (Å²) >= 11 is 3.14. The Morgan fingerprint density at radius 1 is 1.35 bits per heavy atom.